The van der Waals surface area contributed by atoms with Crippen LogP contribution in [0.4, 0.5) is 4.39 Å². The van der Waals surface area contributed by atoms with Crippen LogP contribution in [0.3, 0.4) is 0 Å². The number of benzene rings is 1. The van der Waals surface area contributed by atoms with Crippen LogP contribution in [0.25, 0.3) is 16.6 Å². The van der Waals surface area contributed by atoms with Gasteiger partial charge in [0.15, 0.2) is 0 Å². The third kappa shape index (κ3) is 2.48. The fourth-order valence-electron chi connectivity index (χ4n) is 2.36. The zero-order chi connectivity index (χ0) is 15.0. The van der Waals surface area contributed by atoms with Crippen molar-refractivity contribution in [1.82, 2.24) is 9.38 Å². The first-order valence-electron chi connectivity index (χ1n) is 6.77. The number of aliphatic hydroxyl groups excluding tert-OH is 1. The van der Waals surface area contributed by atoms with E-state index in [1.165, 1.54) is 12.1 Å². The van der Waals surface area contributed by atoms with Gasteiger partial charge in [0, 0.05) is 18.0 Å². The standard InChI is InChI=1S/C16H15FN2O2/c1-2-15(20)13-9-19-8-11(7-14(19)16(21)18-13)10-4-3-5-12(17)6-10/h3-9,15,20H,2H2,1H3,(H,18,21). The molecule has 2 N–H and O–H groups in total. The zero-order valence-electron chi connectivity index (χ0n) is 11.5. The summed E-state index contributed by atoms with van der Waals surface area (Å²) in [6.45, 7) is 1.83. The second kappa shape index (κ2) is 5.18. The van der Waals surface area contributed by atoms with E-state index in [-0.39, 0.29) is 11.4 Å². The Labute approximate surface area is 120 Å². The van der Waals surface area contributed by atoms with Gasteiger partial charge in [0.1, 0.15) is 11.3 Å². The van der Waals surface area contributed by atoms with Crippen LogP contribution in [0.1, 0.15) is 25.1 Å². The Morgan fingerprint density at radius 2 is 2.10 bits per heavy atom. The van der Waals surface area contributed by atoms with Crippen molar-refractivity contribution in [3.63, 3.8) is 0 Å². The van der Waals surface area contributed by atoms with Crippen LogP contribution < -0.4 is 5.56 Å². The van der Waals surface area contributed by atoms with Crippen LogP contribution in [0.5, 0.6) is 0 Å². The number of fused-ring (bicyclic) bond motifs is 1. The van der Waals surface area contributed by atoms with Crippen LogP contribution in [0, 0.1) is 5.82 Å². The predicted molar refractivity (Wildman–Crippen MR) is 78.7 cm³/mol. The quantitative estimate of drug-likeness (QED) is 0.778. The molecule has 108 valence electrons. The van der Waals surface area contributed by atoms with Gasteiger partial charge in [-0.2, -0.15) is 0 Å². The van der Waals surface area contributed by atoms with Gasteiger partial charge in [-0.15, -0.1) is 0 Å². The van der Waals surface area contributed by atoms with Crippen molar-refractivity contribution in [3.05, 3.63) is 64.6 Å². The molecule has 0 fully saturated rings. The van der Waals surface area contributed by atoms with Gasteiger partial charge in [-0.25, -0.2) is 4.39 Å². The number of halogens is 1. The minimum Gasteiger partial charge on any atom is -0.387 e. The Morgan fingerprint density at radius 1 is 1.29 bits per heavy atom. The van der Waals surface area contributed by atoms with Crippen LogP contribution in [0.2, 0.25) is 0 Å². The van der Waals surface area contributed by atoms with Crippen molar-refractivity contribution in [2.75, 3.05) is 0 Å². The Bertz CT molecular complexity index is 851. The van der Waals surface area contributed by atoms with Crippen molar-refractivity contribution in [2.45, 2.75) is 19.4 Å². The van der Waals surface area contributed by atoms with E-state index in [0.717, 1.165) is 5.56 Å². The van der Waals surface area contributed by atoms with Crippen LogP contribution >= 0.6 is 0 Å². The zero-order valence-corrected chi connectivity index (χ0v) is 11.5. The lowest BCUT2D eigenvalue weighted by molar-refractivity contribution is 0.168. The molecule has 3 aromatic rings. The normalized spacial score (nSPS) is 12.7. The molecule has 0 aliphatic heterocycles. The molecule has 4 nitrogen and oxygen atoms in total. The summed E-state index contributed by atoms with van der Waals surface area (Å²) in [4.78, 5) is 14.7. The minimum absolute atomic E-state index is 0.275. The van der Waals surface area contributed by atoms with Crippen molar-refractivity contribution in [3.8, 4) is 11.1 Å². The summed E-state index contributed by atoms with van der Waals surface area (Å²) < 4.78 is 15.0. The summed E-state index contributed by atoms with van der Waals surface area (Å²) in [6, 6.07) is 7.92. The highest BCUT2D eigenvalue weighted by molar-refractivity contribution is 5.69. The van der Waals surface area contributed by atoms with Gasteiger partial charge in [-0.3, -0.25) is 4.79 Å². The van der Waals surface area contributed by atoms with E-state index in [1.54, 1.807) is 35.0 Å². The molecule has 2 heterocycles. The van der Waals surface area contributed by atoms with E-state index in [4.69, 9.17) is 0 Å². The van der Waals surface area contributed by atoms with E-state index in [1.807, 2.05) is 6.92 Å². The second-order valence-electron chi connectivity index (χ2n) is 4.99. The number of nitrogens with one attached hydrogen (secondary N) is 1. The van der Waals surface area contributed by atoms with Crippen LogP contribution in [-0.4, -0.2) is 14.5 Å². The molecule has 0 aliphatic carbocycles. The van der Waals surface area contributed by atoms with E-state index >= 15 is 0 Å². The monoisotopic (exact) mass is 286 g/mol. The number of hydrogen-bond acceptors (Lipinski definition) is 2. The number of aromatic amines is 1. The van der Waals surface area contributed by atoms with Gasteiger partial charge in [0.05, 0.1) is 11.8 Å². The van der Waals surface area contributed by atoms with Gasteiger partial charge in [-0.05, 0) is 30.2 Å². The smallest absolute Gasteiger partial charge is 0.272 e. The first kappa shape index (κ1) is 13.6. The van der Waals surface area contributed by atoms with Gasteiger partial charge < -0.3 is 14.5 Å². The third-order valence-electron chi connectivity index (χ3n) is 3.52. The molecule has 0 radical (unpaired) electrons. The van der Waals surface area contributed by atoms with Crippen LogP contribution in [-0.2, 0) is 0 Å². The molecule has 0 amide bonds. The van der Waals surface area contributed by atoms with Gasteiger partial charge in [0.25, 0.3) is 5.56 Å². The maximum Gasteiger partial charge on any atom is 0.272 e. The molecule has 1 unspecified atom stereocenters. The summed E-state index contributed by atoms with van der Waals surface area (Å²) in [5, 5.41) is 9.84. The summed E-state index contributed by atoms with van der Waals surface area (Å²) in [7, 11) is 0. The molecule has 2 aromatic heterocycles. The number of aliphatic hydroxyl groups is 1. The molecule has 1 aromatic carbocycles. The number of hydrogen-bond donors (Lipinski definition) is 2. The third-order valence-corrected chi connectivity index (χ3v) is 3.52. The lowest BCUT2D eigenvalue weighted by atomic mass is 10.1. The van der Waals surface area contributed by atoms with E-state index in [0.29, 0.717) is 23.2 Å². The highest BCUT2D eigenvalue weighted by atomic mass is 19.1. The lowest BCUT2D eigenvalue weighted by Gasteiger charge is -2.07. The minimum atomic E-state index is -0.706. The number of nitrogens with zero attached hydrogens (tertiary/aromatic N) is 1. The Morgan fingerprint density at radius 3 is 2.81 bits per heavy atom. The summed E-state index contributed by atoms with van der Waals surface area (Å²) >= 11 is 0. The summed E-state index contributed by atoms with van der Waals surface area (Å²) in [5.74, 6) is -0.321. The average Bonchev–Trinajstić information content (AvgIpc) is 2.91. The number of H-pyrrole nitrogens is 1. The van der Waals surface area contributed by atoms with Crippen molar-refractivity contribution >= 4 is 5.52 Å². The topological polar surface area (TPSA) is 57.5 Å². The molecule has 3 rings (SSSR count). The van der Waals surface area contributed by atoms with E-state index in [2.05, 4.69) is 4.98 Å². The highest BCUT2D eigenvalue weighted by Crippen LogP contribution is 2.23. The average molecular weight is 286 g/mol. The SMILES string of the molecule is CCC(O)c1cn2cc(-c3cccc(F)c3)cc2c(=O)[nH]1. The van der Waals surface area contributed by atoms with Gasteiger partial charge in [-0.1, -0.05) is 19.1 Å². The van der Waals surface area contributed by atoms with Gasteiger partial charge >= 0.3 is 0 Å². The maximum absolute atomic E-state index is 13.3. The molecule has 5 heteroatoms. The summed E-state index contributed by atoms with van der Waals surface area (Å²) in [6.07, 6.45) is 3.25. The van der Waals surface area contributed by atoms with Crippen molar-refractivity contribution in [1.29, 1.82) is 0 Å². The fourth-order valence-corrected chi connectivity index (χ4v) is 2.36. The first-order valence-corrected chi connectivity index (χ1v) is 6.77. The molecule has 0 aliphatic rings. The largest absolute Gasteiger partial charge is 0.387 e. The van der Waals surface area contributed by atoms with Crippen molar-refractivity contribution < 1.29 is 9.50 Å². The Hall–Kier alpha value is -2.40. The molecule has 21 heavy (non-hydrogen) atoms. The molecule has 1 atom stereocenters. The molecular formula is C16H15FN2O2. The van der Waals surface area contributed by atoms with Gasteiger partial charge in [0.2, 0.25) is 0 Å². The molecule has 0 saturated carbocycles. The molecule has 0 saturated heterocycles. The van der Waals surface area contributed by atoms with Crippen LogP contribution in [0.15, 0.2) is 47.5 Å². The summed E-state index contributed by atoms with van der Waals surface area (Å²) in [5.41, 5.74) is 2.11. The van der Waals surface area contributed by atoms with E-state index in [9.17, 15) is 14.3 Å². The lowest BCUT2D eigenvalue weighted by Crippen LogP contribution is -2.14. The molecular weight excluding hydrogens is 271 g/mol. The second-order valence-corrected chi connectivity index (χ2v) is 4.99. The molecule has 0 bridgehead atoms. The maximum atomic E-state index is 13.3. The number of rotatable bonds is 3. The Balaban J connectivity index is 2.16. The molecule has 0 spiro atoms. The predicted octanol–water partition coefficient (Wildman–Crippen LogP) is 2.88. The highest BCUT2D eigenvalue weighted by Gasteiger charge is 2.11. The Kier molecular flexibility index (Phi) is 3.35. The fraction of sp³-hybridized carbons (Fsp3) is 0.188. The first-order chi connectivity index (χ1) is 10.1. The van der Waals surface area contributed by atoms with E-state index < -0.39 is 6.10 Å². The number of aromatic nitrogens is 2. The van der Waals surface area contributed by atoms with Crippen molar-refractivity contribution in [2.24, 2.45) is 0 Å².